The molecule has 1 aliphatic rings. The summed E-state index contributed by atoms with van der Waals surface area (Å²) < 4.78 is 11.0. The summed E-state index contributed by atoms with van der Waals surface area (Å²) in [5.41, 5.74) is 0.713. The van der Waals surface area contributed by atoms with E-state index in [2.05, 4.69) is 0 Å². The number of aliphatic hydroxyl groups excluding tert-OH is 1. The monoisotopic (exact) mass is 262 g/mol. The van der Waals surface area contributed by atoms with Gasteiger partial charge in [0, 0.05) is 10.6 Å². The van der Waals surface area contributed by atoms with Crippen LogP contribution in [0.25, 0.3) is 0 Å². The van der Waals surface area contributed by atoms with Crippen molar-refractivity contribution in [3.05, 3.63) is 33.8 Å². The number of benzene rings is 1. The molecule has 0 spiro atoms. The van der Waals surface area contributed by atoms with E-state index in [0.717, 1.165) is 0 Å². The van der Waals surface area contributed by atoms with Crippen molar-refractivity contribution in [2.75, 3.05) is 13.2 Å². The van der Waals surface area contributed by atoms with Crippen LogP contribution in [0.4, 0.5) is 0 Å². The Balaban J connectivity index is 2.29. The lowest BCUT2D eigenvalue weighted by Crippen LogP contribution is -2.42. The smallest absolute Gasteiger partial charge is 0.193 e. The van der Waals surface area contributed by atoms with Crippen LogP contribution in [-0.2, 0) is 15.3 Å². The van der Waals surface area contributed by atoms with E-state index in [4.69, 9.17) is 32.7 Å². The van der Waals surface area contributed by atoms with Crippen LogP contribution in [0.15, 0.2) is 18.2 Å². The van der Waals surface area contributed by atoms with Crippen molar-refractivity contribution in [1.82, 2.24) is 0 Å². The first kappa shape index (κ1) is 12.1. The lowest BCUT2D eigenvalue weighted by molar-refractivity contribution is -0.291. The molecule has 16 heavy (non-hydrogen) atoms. The molecule has 0 aromatic heterocycles. The number of hydrogen-bond donors (Lipinski definition) is 1. The highest BCUT2D eigenvalue weighted by Crippen LogP contribution is 2.35. The Labute approximate surface area is 104 Å². The lowest BCUT2D eigenvalue weighted by atomic mass is 10.1. The van der Waals surface area contributed by atoms with Crippen LogP contribution in [0, 0.1) is 0 Å². The molecule has 1 fully saturated rings. The van der Waals surface area contributed by atoms with Crippen LogP contribution in [0.2, 0.25) is 10.0 Å². The van der Waals surface area contributed by atoms with Gasteiger partial charge in [-0.3, -0.25) is 0 Å². The molecule has 0 unspecified atom stereocenters. The number of rotatable bonds is 1. The van der Waals surface area contributed by atoms with E-state index >= 15 is 0 Å². The first-order chi connectivity index (χ1) is 7.51. The minimum atomic E-state index is -0.916. The molecule has 1 heterocycles. The molecule has 0 amide bonds. The number of halogens is 2. The van der Waals surface area contributed by atoms with E-state index in [1.807, 2.05) is 0 Å². The van der Waals surface area contributed by atoms with Gasteiger partial charge < -0.3 is 14.6 Å². The molecule has 1 aromatic rings. The SMILES string of the molecule is CC1(c2ccc(Cl)cc2Cl)OCC(O)CO1. The Morgan fingerprint density at radius 2 is 1.94 bits per heavy atom. The van der Waals surface area contributed by atoms with Crippen LogP contribution in [-0.4, -0.2) is 24.4 Å². The molecular formula is C11H12Cl2O3. The molecule has 0 bridgehead atoms. The van der Waals surface area contributed by atoms with Gasteiger partial charge in [-0.25, -0.2) is 0 Å². The van der Waals surface area contributed by atoms with Gasteiger partial charge in [0.1, 0.15) is 6.10 Å². The van der Waals surface area contributed by atoms with Gasteiger partial charge in [0.25, 0.3) is 0 Å². The van der Waals surface area contributed by atoms with Gasteiger partial charge in [0.05, 0.1) is 18.2 Å². The largest absolute Gasteiger partial charge is 0.388 e. The predicted octanol–water partition coefficient (Wildman–Crippen LogP) is 2.57. The van der Waals surface area contributed by atoms with Gasteiger partial charge in [-0.1, -0.05) is 29.3 Å². The molecule has 0 radical (unpaired) electrons. The van der Waals surface area contributed by atoms with Crippen molar-refractivity contribution >= 4 is 23.2 Å². The fourth-order valence-corrected chi connectivity index (χ4v) is 2.19. The van der Waals surface area contributed by atoms with Crippen molar-refractivity contribution in [2.45, 2.75) is 18.8 Å². The summed E-state index contributed by atoms with van der Waals surface area (Å²) in [5, 5.41) is 10.4. The molecule has 2 rings (SSSR count). The van der Waals surface area contributed by atoms with Crippen LogP contribution < -0.4 is 0 Å². The Morgan fingerprint density at radius 1 is 1.31 bits per heavy atom. The second-order valence-electron chi connectivity index (χ2n) is 3.85. The second-order valence-corrected chi connectivity index (χ2v) is 4.69. The molecule has 1 aliphatic heterocycles. The minimum Gasteiger partial charge on any atom is -0.388 e. The minimum absolute atomic E-state index is 0.232. The van der Waals surface area contributed by atoms with Gasteiger partial charge in [-0.15, -0.1) is 0 Å². The Hall–Kier alpha value is -0.320. The maximum Gasteiger partial charge on any atom is 0.193 e. The van der Waals surface area contributed by atoms with E-state index in [0.29, 0.717) is 15.6 Å². The highest BCUT2D eigenvalue weighted by molar-refractivity contribution is 6.35. The zero-order valence-corrected chi connectivity index (χ0v) is 10.3. The number of ether oxygens (including phenoxy) is 2. The highest BCUT2D eigenvalue weighted by atomic mass is 35.5. The van der Waals surface area contributed by atoms with Crippen LogP contribution in [0.1, 0.15) is 12.5 Å². The predicted molar refractivity (Wildman–Crippen MR) is 61.7 cm³/mol. The Kier molecular flexibility index (Phi) is 3.42. The Morgan fingerprint density at radius 3 is 2.50 bits per heavy atom. The fourth-order valence-electron chi connectivity index (χ4n) is 1.61. The Bertz CT molecular complexity index is 387. The van der Waals surface area contributed by atoms with E-state index in [-0.39, 0.29) is 13.2 Å². The fraction of sp³-hybridized carbons (Fsp3) is 0.455. The van der Waals surface area contributed by atoms with Gasteiger partial charge in [0.2, 0.25) is 0 Å². The first-order valence-corrected chi connectivity index (χ1v) is 5.68. The van der Waals surface area contributed by atoms with Crippen molar-refractivity contribution in [3.63, 3.8) is 0 Å². The average Bonchev–Trinajstić information content (AvgIpc) is 2.22. The van der Waals surface area contributed by atoms with Crippen molar-refractivity contribution in [1.29, 1.82) is 0 Å². The summed E-state index contributed by atoms with van der Waals surface area (Å²) in [4.78, 5) is 0. The van der Waals surface area contributed by atoms with Crippen molar-refractivity contribution in [3.8, 4) is 0 Å². The molecule has 88 valence electrons. The third-order valence-electron chi connectivity index (χ3n) is 2.52. The number of aliphatic hydroxyl groups is 1. The van der Waals surface area contributed by atoms with Gasteiger partial charge in [-0.2, -0.15) is 0 Å². The van der Waals surface area contributed by atoms with Gasteiger partial charge in [0.15, 0.2) is 5.79 Å². The van der Waals surface area contributed by atoms with E-state index in [9.17, 15) is 5.11 Å². The lowest BCUT2D eigenvalue weighted by Gasteiger charge is -2.36. The molecule has 5 heteroatoms. The van der Waals surface area contributed by atoms with E-state index in [1.165, 1.54) is 0 Å². The molecule has 3 nitrogen and oxygen atoms in total. The molecule has 0 atom stereocenters. The summed E-state index contributed by atoms with van der Waals surface area (Å²) in [6, 6.07) is 5.13. The van der Waals surface area contributed by atoms with Crippen molar-refractivity contribution in [2.24, 2.45) is 0 Å². The quantitative estimate of drug-likeness (QED) is 0.846. The van der Waals surface area contributed by atoms with Gasteiger partial charge >= 0.3 is 0 Å². The maximum atomic E-state index is 9.30. The molecule has 1 saturated heterocycles. The molecule has 1 N–H and O–H groups in total. The van der Waals surface area contributed by atoms with E-state index < -0.39 is 11.9 Å². The summed E-state index contributed by atoms with van der Waals surface area (Å²) >= 11 is 11.9. The topological polar surface area (TPSA) is 38.7 Å². The normalized spacial score (nSPS) is 30.4. The number of hydrogen-bond acceptors (Lipinski definition) is 3. The van der Waals surface area contributed by atoms with Gasteiger partial charge in [-0.05, 0) is 19.1 Å². The molecule has 0 saturated carbocycles. The third-order valence-corrected chi connectivity index (χ3v) is 3.07. The summed E-state index contributed by atoms with van der Waals surface area (Å²) in [5.74, 6) is -0.916. The van der Waals surface area contributed by atoms with E-state index in [1.54, 1.807) is 25.1 Å². The maximum absolute atomic E-state index is 9.30. The van der Waals surface area contributed by atoms with Crippen LogP contribution >= 0.6 is 23.2 Å². The standard InChI is InChI=1S/C11H12Cl2O3/c1-11(15-5-8(14)6-16-11)9-3-2-7(12)4-10(9)13/h2-4,8,14H,5-6H2,1H3. The molecule has 0 aliphatic carbocycles. The van der Waals surface area contributed by atoms with Crippen molar-refractivity contribution < 1.29 is 14.6 Å². The summed E-state index contributed by atoms with van der Waals surface area (Å²) in [7, 11) is 0. The van der Waals surface area contributed by atoms with Crippen LogP contribution in [0.3, 0.4) is 0 Å². The highest BCUT2D eigenvalue weighted by Gasteiger charge is 2.35. The molecule has 1 aromatic carbocycles. The third kappa shape index (κ3) is 2.34. The summed E-state index contributed by atoms with van der Waals surface area (Å²) in [6.07, 6.45) is -0.584. The zero-order valence-electron chi connectivity index (χ0n) is 8.74. The zero-order chi connectivity index (χ0) is 11.8. The first-order valence-electron chi connectivity index (χ1n) is 4.93. The van der Waals surface area contributed by atoms with Crippen LogP contribution in [0.5, 0.6) is 0 Å². The summed E-state index contributed by atoms with van der Waals surface area (Å²) in [6.45, 7) is 2.24. The molecular weight excluding hydrogens is 251 g/mol. The second kappa shape index (κ2) is 4.51. The average molecular weight is 263 g/mol.